The number of halogens is 1. The lowest BCUT2D eigenvalue weighted by molar-refractivity contribution is -0.141. The third-order valence-electron chi connectivity index (χ3n) is 4.60. The number of nitrogens with one attached hydrogen (secondary N) is 1. The van der Waals surface area contributed by atoms with Gasteiger partial charge in [0.25, 0.3) is 0 Å². The fourth-order valence-electron chi connectivity index (χ4n) is 3.17. The quantitative estimate of drug-likeness (QED) is 0.665. The normalized spacial score (nSPS) is 11.8. The molecule has 5 nitrogen and oxygen atoms in total. The van der Waals surface area contributed by atoms with E-state index in [2.05, 4.69) is 5.32 Å². The molecule has 2 aromatic carbocycles. The Morgan fingerprint density at radius 1 is 1.14 bits per heavy atom. The lowest BCUT2D eigenvalue weighted by atomic mass is 10.1. The third kappa shape index (κ3) is 6.50. The lowest BCUT2D eigenvalue weighted by Crippen LogP contribution is -2.50. The van der Waals surface area contributed by atoms with Crippen LogP contribution in [-0.2, 0) is 22.6 Å². The second kappa shape index (κ2) is 10.9. The van der Waals surface area contributed by atoms with Gasteiger partial charge in [-0.2, -0.15) is 0 Å². The number of nitrogens with zero attached hydrogens (tertiary/aromatic N) is 1. The van der Waals surface area contributed by atoms with Crippen molar-refractivity contribution < 1.29 is 14.3 Å². The van der Waals surface area contributed by atoms with Crippen LogP contribution in [0.2, 0.25) is 5.02 Å². The van der Waals surface area contributed by atoms with Crippen molar-refractivity contribution >= 4 is 23.4 Å². The molecule has 0 bridgehead atoms. The summed E-state index contributed by atoms with van der Waals surface area (Å²) in [4.78, 5) is 27.7. The van der Waals surface area contributed by atoms with E-state index in [4.69, 9.17) is 16.3 Å². The summed E-state index contributed by atoms with van der Waals surface area (Å²) in [6.07, 6.45) is 0.645. The van der Waals surface area contributed by atoms with Crippen LogP contribution < -0.4 is 10.1 Å². The first-order valence-corrected chi connectivity index (χ1v) is 10.2. The fraction of sp³-hybridized carbons (Fsp3) is 0.391. The number of hydrogen-bond donors (Lipinski definition) is 1. The summed E-state index contributed by atoms with van der Waals surface area (Å²) in [7, 11) is 1.60. The minimum atomic E-state index is -0.571. The molecule has 0 spiro atoms. The maximum absolute atomic E-state index is 13.3. The Morgan fingerprint density at radius 2 is 1.86 bits per heavy atom. The van der Waals surface area contributed by atoms with Gasteiger partial charge < -0.3 is 15.0 Å². The summed E-state index contributed by atoms with van der Waals surface area (Å²) in [5.41, 5.74) is 1.64. The Kier molecular flexibility index (Phi) is 8.52. The van der Waals surface area contributed by atoms with Crippen LogP contribution in [0.25, 0.3) is 0 Å². The van der Waals surface area contributed by atoms with Crippen LogP contribution in [0.3, 0.4) is 0 Å². The number of carbonyl (C=O) groups excluding carboxylic acids is 2. The molecule has 1 unspecified atom stereocenters. The van der Waals surface area contributed by atoms with Gasteiger partial charge in [0.05, 0.1) is 13.5 Å². The Bertz CT molecular complexity index is 838. The molecule has 0 saturated carbocycles. The third-order valence-corrected chi connectivity index (χ3v) is 4.97. The predicted molar refractivity (Wildman–Crippen MR) is 116 cm³/mol. The van der Waals surface area contributed by atoms with Gasteiger partial charge in [0, 0.05) is 17.6 Å². The zero-order valence-electron chi connectivity index (χ0n) is 17.4. The standard InChI is InChI=1S/C23H29ClN2O3/c1-5-21(23(28)25-16(2)3)26(15-17-9-8-11-19(13-17)29-4)22(27)14-18-10-6-7-12-20(18)24/h6-13,16,21H,5,14-15H2,1-4H3,(H,25,28). The molecule has 0 radical (unpaired) electrons. The van der Waals surface area contributed by atoms with E-state index in [0.717, 1.165) is 11.1 Å². The van der Waals surface area contributed by atoms with E-state index in [9.17, 15) is 9.59 Å². The summed E-state index contributed by atoms with van der Waals surface area (Å²) in [6.45, 7) is 6.03. The van der Waals surface area contributed by atoms with E-state index in [1.54, 1.807) is 18.1 Å². The van der Waals surface area contributed by atoms with E-state index >= 15 is 0 Å². The van der Waals surface area contributed by atoms with Crippen molar-refractivity contribution in [3.8, 4) is 5.75 Å². The first-order valence-electron chi connectivity index (χ1n) is 9.81. The average molecular weight is 417 g/mol. The Balaban J connectivity index is 2.33. The molecule has 2 rings (SSSR count). The van der Waals surface area contributed by atoms with E-state index in [1.165, 1.54) is 0 Å². The van der Waals surface area contributed by atoms with Gasteiger partial charge in [-0.3, -0.25) is 9.59 Å². The number of methoxy groups -OCH3 is 1. The largest absolute Gasteiger partial charge is 0.497 e. The second-order valence-corrected chi connectivity index (χ2v) is 7.64. The number of carbonyl (C=O) groups is 2. The number of ether oxygens (including phenoxy) is 1. The predicted octanol–water partition coefficient (Wildman–Crippen LogP) is 4.22. The van der Waals surface area contributed by atoms with Crippen LogP contribution in [0.4, 0.5) is 0 Å². The molecule has 0 aliphatic rings. The summed E-state index contributed by atoms with van der Waals surface area (Å²) in [5, 5.41) is 3.47. The Morgan fingerprint density at radius 3 is 2.48 bits per heavy atom. The van der Waals surface area contributed by atoms with E-state index in [0.29, 0.717) is 23.7 Å². The van der Waals surface area contributed by atoms with Crippen molar-refractivity contribution in [3.05, 3.63) is 64.7 Å². The Hall–Kier alpha value is -2.53. The van der Waals surface area contributed by atoms with Crippen LogP contribution >= 0.6 is 11.6 Å². The fourth-order valence-corrected chi connectivity index (χ4v) is 3.38. The highest BCUT2D eigenvalue weighted by Crippen LogP contribution is 2.21. The van der Waals surface area contributed by atoms with Crippen LogP contribution in [0.1, 0.15) is 38.3 Å². The smallest absolute Gasteiger partial charge is 0.243 e. The summed E-state index contributed by atoms with van der Waals surface area (Å²) >= 11 is 6.25. The maximum Gasteiger partial charge on any atom is 0.243 e. The molecule has 1 atom stereocenters. The molecule has 2 amide bonds. The number of rotatable bonds is 9. The van der Waals surface area contributed by atoms with Crippen molar-refractivity contribution in [1.29, 1.82) is 0 Å². The molecule has 29 heavy (non-hydrogen) atoms. The van der Waals surface area contributed by atoms with Gasteiger partial charge >= 0.3 is 0 Å². The second-order valence-electron chi connectivity index (χ2n) is 7.23. The topological polar surface area (TPSA) is 58.6 Å². The minimum absolute atomic E-state index is 0.00566. The average Bonchev–Trinajstić information content (AvgIpc) is 2.69. The molecular weight excluding hydrogens is 388 g/mol. The highest BCUT2D eigenvalue weighted by Gasteiger charge is 2.29. The molecule has 2 aromatic rings. The van der Waals surface area contributed by atoms with E-state index in [1.807, 2.05) is 63.2 Å². The summed E-state index contributed by atoms with van der Waals surface area (Å²) < 4.78 is 5.29. The zero-order valence-corrected chi connectivity index (χ0v) is 18.2. The van der Waals surface area contributed by atoms with Crippen LogP contribution in [0.5, 0.6) is 5.75 Å². The summed E-state index contributed by atoms with van der Waals surface area (Å²) in [5.74, 6) is 0.408. The van der Waals surface area contributed by atoms with Gasteiger partial charge in [-0.25, -0.2) is 0 Å². The molecule has 0 aliphatic heterocycles. The van der Waals surface area contributed by atoms with Crippen molar-refractivity contribution in [2.75, 3.05) is 7.11 Å². The molecule has 156 valence electrons. The van der Waals surface area contributed by atoms with Crippen molar-refractivity contribution in [2.24, 2.45) is 0 Å². The van der Waals surface area contributed by atoms with Crippen molar-refractivity contribution in [3.63, 3.8) is 0 Å². The van der Waals surface area contributed by atoms with Gasteiger partial charge in [-0.05, 0) is 49.6 Å². The Labute approximate surface area is 178 Å². The number of amides is 2. The van der Waals surface area contributed by atoms with Crippen LogP contribution in [0, 0.1) is 0 Å². The maximum atomic E-state index is 13.3. The van der Waals surface area contributed by atoms with Gasteiger partial charge in [0.15, 0.2) is 0 Å². The first-order chi connectivity index (χ1) is 13.8. The van der Waals surface area contributed by atoms with Crippen molar-refractivity contribution in [1.82, 2.24) is 10.2 Å². The monoisotopic (exact) mass is 416 g/mol. The van der Waals surface area contributed by atoms with Gasteiger partial charge in [0.1, 0.15) is 11.8 Å². The number of benzene rings is 2. The summed E-state index contributed by atoms with van der Waals surface area (Å²) in [6, 6.07) is 14.2. The van der Waals surface area contributed by atoms with Crippen LogP contribution in [-0.4, -0.2) is 35.9 Å². The minimum Gasteiger partial charge on any atom is -0.497 e. The first kappa shape index (κ1) is 22.8. The van der Waals surface area contributed by atoms with Gasteiger partial charge in [0.2, 0.25) is 11.8 Å². The van der Waals surface area contributed by atoms with E-state index < -0.39 is 6.04 Å². The van der Waals surface area contributed by atoms with Gasteiger partial charge in [-0.15, -0.1) is 0 Å². The zero-order chi connectivity index (χ0) is 21.4. The molecule has 0 aliphatic carbocycles. The molecule has 0 fully saturated rings. The molecule has 1 N–H and O–H groups in total. The highest BCUT2D eigenvalue weighted by atomic mass is 35.5. The van der Waals surface area contributed by atoms with Crippen molar-refractivity contribution in [2.45, 2.75) is 52.2 Å². The lowest BCUT2D eigenvalue weighted by Gasteiger charge is -2.31. The van der Waals surface area contributed by atoms with E-state index in [-0.39, 0.29) is 24.3 Å². The highest BCUT2D eigenvalue weighted by molar-refractivity contribution is 6.31. The van der Waals surface area contributed by atoms with Gasteiger partial charge in [-0.1, -0.05) is 48.9 Å². The molecule has 6 heteroatoms. The molecule has 0 aromatic heterocycles. The van der Waals surface area contributed by atoms with Crippen LogP contribution in [0.15, 0.2) is 48.5 Å². The molecule has 0 saturated heterocycles. The molecular formula is C23H29ClN2O3. The molecule has 0 heterocycles. The number of hydrogen-bond acceptors (Lipinski definition) is 3. The SMILES string of the molecule is CCC(C(=O)NC(C)C)N(Cc1cccc(OC)c1)C(=O)Cc1ccccc1Cl.